The Kier molecular flexibility index (Phi) is 11.6. The molecule has 11 nitrogen and oxygen atoms in total. The average Bonchev–Trinajstić information content (AvgIpc) is 2.93. The summed E-state index contributed by atoms with van der Waals surface area (Å²) in [6.45, 7) is 10.9. The number of carbonyl (C=O) groups excluding carboxylic acids is 2. The molecule has 0 aromatic heterocycles. The highest BCUT2D eigenvalue weighted by Gasteiger charge is 2.33. The van der Waals surface area contributed by atoms with Gasteiger partial charge in [-0.05, 0) is 74.1 Å². The first-order valence-corrected chi connectivity index (χ1v) is 13.9. The van der Waals surface area contributed by atoms with Gasteiger partial charge in [-0.25, -0.2) is 0 Å². The highest BCUT2D eigenvalue weighted by Crippen LogP contribution is 2.32. The molecule has 4 N–H and O–H groups in total. The molecule has 0 fully saturated rings. The van der Waals surface area contributed by atoms with E-state index in [9.17, 15) is 20.2 Å². The number of hydrogen-bond donors (Lipinski definition) is 3. The van der Waals surface area contributed by atoms with Crippen molar-refractivity contribution in [2.45, 2.75) is 79.4 Å². The van der Waals surface area contributed by atoms with E-state index in [0.29, 0.717) is 12.8 Å². The van der Waals surface area contributed by atoms with E-state index in [1.807, 2.05) is 27.7 Å². The van der Waals surface area contributed by atoms with Crippen LogP contribution in [-0.4, -0.2) is 62.9 Å². The van der Waals surface area contributed by atoms with Gasteiger partial charge in [0, 0.05) is 37.4 Å². The molecule has 0 aliphatic rings. The van der Waals surface area contributed by atoms with Crippen LogP contribution < -0.4 is 20.5 Å². The Hall–Kier alpha value is -3.01. The van der Waals surface area contributed by atoms with Gasteiger partial charge in [-0.2, -0.15) is 0 Å². The molecule has 0 spiro atoms. The van der Waals surface area contributed by atoms with Crippen LogP contribution in [0.2, 0.25) is 0 Å². The molecule has 1 rings (SSSR count). The predicted octanol–water partition coefficient (Wildman–Crippen LogP) is 4.65. The molecule has 0 unspecified atom stereocenters. The zero-order valence-electron chi connectivity index (χ0n) is 31.1. The normalized spacial score (nSPS) is 17.4. The molecule has 1 aromatic rings. The van der Waals surface area contributed by atoms with Crippen molar-refractivity contribution in [1.29, 1.82) is 0 Å². The lowest BCUT2D eigenvalue weighted by Gasteiger charge is -2.30. The van der Waals surface area contributed by atoms with Gasteiger partial charge < -0.3 is 30.4 Å². The Labute approximate surface area is 253 Å². The maximum atomic E-state index is 13.1. The van der Waals surface area contributed by atoms with E-state index in [1.54, 1.807) is 26.0 Å². The van der Waals surface area contributed by atoms with Gasteiger partial charge in [-0.1, -0.05) is 38.9 Å². The molecule has 0 aliphatic heterocycles. The number of nitrogens with zero attached hydrogens (tertiary/aromatic N) is 3. The SMILES string of the molecule is [2H]C([2H])([2H])OCCCOc1cc(C[C@@H](C[C@H](N=[N+]=[N-])[C@@H](O)C[C@H](C(=O)NCC(C)(C)C(N)=O)C(C)C)C(C)C)ccc1OC([2H])([2H])[2H]. The summed E-state index contributed by atoms with van der Waals surface area (Å²) >= 11 is 0. The lowest BCUT2D eigenvalue weighted by atomic mass is 9.80. The number of primary amides is 1. The molecule has 11 heteroatoms. The molecule has 2 amide bonds. The van der Waals surface area contributed by atoms with E-state index in [2.05, 4.69) is 15.3 Å². The number of nitrogens with one attached hydrogen (secondary N) is 1. The van der Waals surface area contributed by atoms with E-state index in [1.165, 1.54) is 6.07 Å². The molecule has 0 bridgehead atoms. The molecule has 0 radical (unpaired) electrons. The standard InChI is InChI=1S/C30H51N5O6/c1-19(2)22(14-21-10-11-26(40-8)27(15-21)41-13-9-12-39-7)16-24(34-35-32)25(36)17-23(20(3)4)28(37)33-18-30(5,6)29(31)38/h10-11,15,19-20,22-25,36H,9,12-14,16-18H2,1-8H3,(H2,31,38)(H,33,37)/t22-,23-,24-,25-/m0/s1/i7D3,8D3. The number of methoxy groups -OCH3 is 2. The molecule has 0 heterocycles. The topological polar surface area (TPSA) is 169 Å². The summed E-state index contributed by atoms with van der Waals surface area (Å²) in [4.78, 5) is 27.7. The zero-order valence-corrected chi connectivity index (χ0v) is 25.1. The molecule has 4 atom stereocenters. The van der Waals surface area contributed by atoms with Crippen molar-refractivity contribution in [2.24, 2.45) is 39.9 Å². The molecule has 0 saturated heterocycles. The van der Waals surface area contributed by atoms with E-state index < -0.39 is 43.5 Å². The average molecular weight is 584 g/mol. The van der Waals surface area contributed by atoms with Gasteiger partial charge in [0.05, 0.1) is 39.4 Å². The lowest BCUT2D eigenvalue weighted by Crippen LogP contribution is -2.45. The number of hydrogen-bond acceptors (Lipinski definition) is 7. The summed E-state index contributed by atoms with van der Waals surface area (Å²) in [7, 11) is -5.26. The minimum atomic E-state index is -2.73. The zero-order chi connectivity index (χ0) is 36.2. The Balaban J connectivity index is 3.14. The van der Waals surface area contributed by atoms with Gasteiger partial charge in [0.1, 0.15) is 0 Å². The number of azide groups is 1. The number of nitrogens with two attached hydrogens (primary N) is 1. The smallest absolute Gasteiger partial charge is 0.224 e. The fourth-order valence-corrected chi connectivity index (χ4v) is 4.37. The fourth-order valence-electron chi connectivity index (χ4n) is 4.37. The van der Waals surface area contributed by atoms with Crippen molar-refractivity contribution >= 4 is 11.8 Å². The summed E-state index contributed by atoms with van der Waals surface area (Å²) in [5.41, 5.74) is 14.6. The number of rotatable bonds is 20. The number of amides is 2. The van der Waals surface area contributed by atoms with Crippen LogP contribution in [0.4, 0.5) is 0 Å². The third-order valence-corrected chi connectivity index (χ3v) is 7.40. The monoisotopic (exact) mass is 583 g/mol. The van der Waals surface area contributed by atoms with Gasteiger partial charge in [-0.3, -0.25) is 9.59 Å². The van der Waals surface area contributed by atoms with Crippen LogP contribution in [0.5, 0.6) is 11.5 Å². The summed E-state index contributed by atoms with van der Waals surface area (Å²) in [5, 5.41) is 17.9. The molecule has 232 valence electrons. The Bertz CT molecular complexity index is 1200. The molecule has 1 aromatic carbocycles. The van der Waals surface area contributed by atoms with Crippen molar-refractivity contribution in [1.82, 2.24) is 5.32 Å². The summed E-state index contributed by atoms with van der Waals surface area (Å²) in [5.74, 6) is -1.58. The predicted molar refractivity (Wildman–Crippen MR) is 160 cm³/mol. The largest absolute Gasteiger partial charge is 0.493 e. The molecule has 41 heavy (non-hydrogen) atoms. The third-order valence-electron chi connectivity index (χ3n) is 7.40. The minimum absolute atomic E-state index is 0.00816. The number of carbonyl (C=O) groups is 2. The second-order valence-electron chi connectivity index (χ2n) is 11.8. The fraction of sp³-hybridized carbons (Fsp3) is 0.733. The van der Waals surface area contributed by atoms with Gasteiger partial charge in [0.2, 0.25) is 11.8 Å². The number of benzene rings is 1. The summed E-state index contributed by atoms with van der Waals surface area (Å²) < 4.78 is 59.5. The molecule has 0 saturated carbocycles. The van der Waals surface area contributed by atoms with Gasteiger partial charge in [0.15, 0.2) is 11.5 Å². The summed E-state index contributed by atoms with van der Waals surface area (Å²) in [6, 6.07) is 3.98. The van der Waals surface area contributed by atoms with Crippen LogP contribution in [0.3, 0.4) is 0 Å². The second-order valence-corrected chi connectivity index (χ2v) is 11.8. The van der Waals surface area contributed by atoms with Gasteiger partial charge in [-0.15, -0.1) is 0 Å². The second kappa shape index (κ2) is 17.7. The highest BCUT2D eigenvalue weighted by atomic mass is 16.5. The van der Waals surface area contributed by atoms with E-state index in [-0.39, 0.29) is 67.8 Å². The number of aliphatic hydroxyl groups excluding tert-OH is 1. The van der Waals surface area contributed by atoms with Crippen molar-refractivity contribution in [2.75, 3.05) is 33.8 Å². The van der Waals surface area contributed by atoms with Crippen molar-refractivity contribution in [3.05, 3.63) is 34.2 Å². The Morgan fingerprint density at radius 1 is 1.15 bits per heavy atom. The van der Waals surface area contributed by atoms with Crippen molar-refractivity contribution in [3.63, 3.8) is 0 Å². The maximum absolute atomic E-state index is 13.1. The number of ether oxygens (including phenoxy) is 3. The van der Waals surface area contributed by atoms with Crippen LogP contribution in [0.25, 0.3) is 10.4 Å². The molecular weight excluding hydrogens is 526 g/mol. The van der Waals surface area contributed by atoms with Crippen molar-refractivity contribution in [3.8, 4) is 11.5 Å². The van der Waals surface area contributed by atoms with Crippen LogP contribution in [-0.2, 0) is 20.7 Å². The third kappa shape index (κ3) is 12.2. The first-order chi connectivity index (χ1) is 21.6. The quantitative estimate of drug-likeness (QED) is 0.0874. The van der Waals surface area contributed by atoms with E-state index >= 15 is 0 Å². The van der Waals surface area contributed by atoms with Crippen LogP contribution in [0.1, 0.15) is 74.6 Å². The van der Waals surface area contributed by atoms with Gasteiger partial charge >= 0.3 is 0 Å². The molecule has 0 aliphatic carbocycles. The van der Waals surface area contributed by atoms with Crippen LogP contribution >= 0.6 is 0 Å². The van der Waals surface area contributed by atoms with E-state index in [4.69, 9.17) is 28.2 Å². The lowest BCUT2D eigenvalue weighted by molar-refractivity contribution is -0.130. The van der Waals surface area contributed by atoms with Crippen LogP contribution in [0.15, 0.2) is 23.3 Å². The van der Waals surface area contributed by atoms with E-state index in [0.717, 1.165) is 5.56 Å². The first kappa shape index (κ1) is 26.9. The summed E-state index contributed by atoms with van der Waals surface area (Å²) in [6.07, 6.45) is -0.139. The minimum Gasteiger partial charge on any atom is -0.493 e. The van der Waals surface area contributed by atoms with Crippen molar-refractivity contribution < 1.29 is 37.1 Å². The Morgan fingerprint density at radius 2 is 1.88 bits per heavy atom. The Morgan fingerprint density at radius 3 is 2.46 bits per heavy atom. The van der Waals surface area contributed by atoms with Gasteiger partial charge in [0.25, 0.3) is 0 Å². The first-order valence-electron chi connectivity index (χ1n) is 16.9. The molecular formula is C30H51N5O6. The maximum Gasteiger partial charge on any atom is 0.224 e. The highest BCUT2D eigenvalue weighted by molar-refractivity contribution is 5.83. The van der Waals surface area contributed by atoms with Crippen LogP contribution in [0, 0.1) is 29.1 Å². The number of aliphatic hydroxyl groups is 1.